The van der Waals surface area contributed by atoms with Crippen LogP contribution in [0.3, 0.4) is 0 Å². The molecule has 0 amide bonds. The van der Waals surface area contributed by atoms with Crippen molar-refractivity contribution in [2.45, 2.75) is 11.4 Å². The van der Waals surface area contributed by atoms with Crippen LogP contribution in [-0.4, -0.2) is 19.5 Å². The molecule has 0 saturated carbocycles. The monoisotopic (exact) mass is 317 g/mol. The topological polar surface area (TPSA) is 83.5 Å². The molecule has 114 valence electrons. The van der Waals surface area contributed by atoms with Crippen LogP contribution >= 0.6 is 0 Å². The number of carboxylic acids is 1. The zero-order valence-electron chi connectivity index (χ0n) is 11.6. The highest BCUT2D eigenvalue weighted by Gasteiger charge is 2.13. The minimum absolute atomic E-state index is 0.135. The standard InChI is InChI=1S/C16H15NO4S/c18-16(19)11-8-13-6-9-15(10-7-13)22(20,21)17-12-14-4-2-1-3-5-14/h1-11,17H,12H2,(H,18,19)/b11-8+. The van der Waals surface area contributed by atoms with E-state index in [1.165, 1.54) is 18.2 Å². The maximum absolute atomic E-state index is 12.2. The zero-order valence-corrected chi connectivity index (χ0v) is 12.5. The van der Waals surface area contributed by atoms with Gasteiger partial charge in [-0.15, -0.1) is 0 Å². The number of rotatable bonds is 6. The largest absolute Gasteiger partial charge is 0.478 e. The fraction of sp³-hybridized carbons (Fsp3) is 0.0625. The summed E-state index contributed by atoms with van der Waals surface area (Å²) in [7, 11) is -3.60. The molecule has 0 saturated heterocycles. The van der Waals surface area contributed by atoms with Gasteiger partial charge in [0.1, 0.15) is 0 Å². The third kappa shape index (κ3) is 4.54. The zero-order chi connectivity index (χ0) is 16.0. The van der Waals surface area contributed by atoms with Crippen LogP contribution in [0.5, 0.6) is 0 Å². The van der Waals surface area contributed by atoms with Gasteiger partial charge in [-0.05, 0) is 29.3 Å². The quantitative estimate of drug-likeness (QED) is 0.801. The third-order valence-corrected chi connectivity index (χ3v) is 4.34. The maximum Gasteiger partial charge on any atom is 0.328 e. The number of aliphatic carboxylic acids is 1. The molecule has 2 aromatic rings. The molecule has 0 heterocycles. The summed E-state index contributed by atoms with van der Waals surface area (Å²) in [4.78, 5) is 10.6. The van der Waals surface area contributed by atoms with Crippen molar-refractivity contribution in [2.75, 3.05) is 0 Å². The normalized spacial score (nSPS) is 11.6. The molecule has 0 unspecified atom stereocenters. The van der Waals surface area contributed by atoms with E-state index in [1.807, 2.05) is 30.3 Å². The van der Waals surface area contributed by atoms with Crippen molar-refractivity contribution in [1.29, 1.82) is 0 Å². The first-order chi connectivity index (χ1) is 10.5. The Morgan fingerprint density at radius 1 is 1.05 bits per heavy atom. The van der Waals surface area contributed by atoms with Gasteiger partial charge in [0.05, 0.1) is 4.90 Å². The van der Waals surface area contributed by atoms with Crippen molar-refractivity contribution < 1.29 is 18.3 Å². The molecule has 5 nitrogen and oxygen atoms in total. The van der Waals surface area contributed by atoms with Gasteiger partial charge in [0, 0.05) is 12.6 Å². The van der Waals surface area contributed by atoms with E-state index in [1.54, 1.807) is 12.1 Å². The van der Waals surface area contributed by atoms with Crippen molar-refractivity contribution in [2.24, 2.45) is 0 Å². The van der Waals surface area contributed by atoms with Crippen LogP contribution < -0.4 is 4.72 Å². The van der Waals surface area contributed by atoms with Gasteiger partial charge >= 0.3 is 5.97 Å². The van der Waals surface area contributed by atoms with E-state index in [0.717, 1.165) is 11.6 Å². The Morgan fingerprint density at radius 3 is 2.27 bits per heavy atom. The van der Waals surface area contributed by atoms with Gasteiger partial charge in [-0.1, -0.05) is 42.5 Å². The molecule has 2 rings (SSSR count). The highest BCUT2D eigenvalue weighted by Crippen LogP contribution is 2.12. The Kier molecular flexibility index (Phi) is 5.08. The maximum atomic E-state index is 12.2. The number of benzene rings is 2. The van der Waals surface area contributed by atoms with Crippen LogP contribution in [0.4, 0.5) is 0 Å². The predicted molar refractivity (Wildman–Crippen MR) is 83.6 cm³/mol. The van der Waals surface area contributed by atoms with Crippen LogP contribution in [-0.2, 0) is 21.4 Å². The summed E-state index contributed by atoms with van der Waals surface area (Å²) in [5.74, 6) is -1.05. The molecule has 0 spiro atoms. The summed E-state index contributed by atoms with van der Waals surface area (Å²) < 4.78 is 26.8. The van der Waals surface area contributed by atoms with Crippen LogP contribution in [0, 0.1) is 0 Å². The van der Waals surface area contributed by atoms with Gasteiger partial charge in [-0.25, -0.2) is 17.9 Å². The molecule has 2 N–H and O–H groups in total. The van der Waals surface area contributed by atoms with Crippen LogP contribution in [0.25, 0.3) is 6.08 Å². The van der Waals surface area contributed by atoms with Gasteiger partial charge in [-0.2, -0.15) is 0 Å². The number of hydrogen-bond acceptors (Lipinski definition) is 3. The summed E-state index contributed by atoms with van der Waals surface area (Å²) in [6.07, 6.45) is 2.40. The first-order valence-corrected chi connectivity index (χ1v) is 8.00. The molecule has 0 aromatic heterocycles. The SMILES string of the molecule is O=C(O)/C=C/c1ccc(S(=O)(=O)NCc2ccccc2)cc1. The molecular weight excluding hydrogens is 302 g/mol. The molecule has 0 bridgehead atoms. The average molecular weight is 317 g/mol. The van der Waals surface area contributed by atoms with Crippen molar-refractivity contribution in [3.8, 4) is 0 Å². The first-order valence-electron chi connectivity index (χ1n) is 6.52. The lowest BCUT2D eigenvalue weighted by atomic mass is 10.2. The summed E-state index contributed by atoms with van der Waals surface area (Å²) in [6.45, 7) is 0.212. The van der Waals surface area contributed by atoms with Crippen LogP contribution in [0.15, 0.2) is 65.6 Å². The number of carboxylic acid groups (broad SMARTS) is 1. The Labute approximate surface area is 129 Å². The van der Waals surface area contributed by atoms with E-state index < -0.39 is 16.0 Å². The minimum Gasteiger partial charge on any atom is -0.478 e. The smallest absolute Gasteiger partial charge is 0.328 e. The Balaban J connectivity index is 2.07. The highest BCUT2D eigenvalue weighted by molar-refractivity contribution is 7.89. The molecule has 0 atom stereocenters. The Bertz CT molecular complexity index is 766. The molecule has 0 aliphatic heterocycles. The summed E-state index contributed by atoms with van der Waals surface area (Å²) in [6, 6.07) is 15.2. The van der Waals surface area contributed by atoms with E-state index >= 15 is 0 Å². The number of hydrogen-bond donors (Lipinski definition) is 2. The highest BCUT2D eigenvalue weighted by atomic mass is 32.2. The van der Waals surface area contributed by atoms with Gasteiger partial charge in [-0.3, -0.25) is 0 Å². The summed E-state index contributed by atoms with van der Waals surface area (Å²) >= 11 is 0. The fourth-order valence-electron chi connectivity index (χ4n) is 1.78. The number of carbonyl (C=O) groups is 1. The minimum atomic E-state index is -3.60. The number of sulfonamides is 1. The predicted octanol–water partition coefficient (Wildman–Crippen LogP) is 2.26. The molecule has 0 radical (unpaired) electrons. The lowest BCUT2D eigenvalue weighted by Gasteiger charge is -2.07. The van der Waals surface area contributed by atoms with E-state index in [0.29, 0.717) is 5.56 Å². The molecule has 0 fully saturated rings. The van der Waals surface area contributed by atoms with Crippen molar-refractivity contribution >= 4 is 22.1 Å². The van der Waals surface area contributed by atoms with Crippen LogP contribution in [0.1, 0.15) is 11.1 Å². The second kappa shape index (κ2) is 7.02. The number of nitrogens with one attached hydrogen (secondary N) is 1. The molecule has 22 heavy (non-hydrogen) atoms. The van der Waals surface area contributed by atoms with Crippen molar-refractivity contribution in [3.05, 3.63) is 71.8 Å². The lowest BCUT2D eigenvalue weighted by Crippen LogP contribution is -2.23. The second-order valence-electron chi connectivity index (χ2n) is 4.55. The van der Waals surface area contributed by atoms with Crippen LogP contribution in [0.2, 0.25) is 0 Å². The van der Waals surface area contributed by atoms with E-state index in [4.69, 9.17) is 5.11 Å². The third-order valence-electron chi connectivity index (χ3n) is 2.92. The second-order valence-corrected chi connectivity index (χ2v) is 6.32. The average Bonchev–Trinajstić information content (AvgIpc) is 2.52. The van der Waals surface area contributed by atoms with Gasteiger partial charge in [0.25, 0.3) is 0 Å². The molecule has 6 heteroatoms. The van der Waals surface area contributed by atoms with Crippen molar-refractivity contribution in [3.63, 3.8) is 0 Å². The van der Waals surface area contributed by atoms with Gasteiger partial charge in [0.2, 0.25) is 10.0 Å². The summed E-state index contributed by atoms with van der Waals surface area (Å²) in [5.41, 5.74) is 1.48. The van der Waals surface area contributed by atoms with Crippen molar-refractivity contribution in [1.82, 2.24) is 4.72 Å². The molecular formula is C16H15NO4S. The molecule has 0 aliphatic carbocycles. The first kappa shape index (κ1) is 15.9. The lowest BCUT2D eigenvalue weighted by molar-refractivity contribution is -0.131. The molecule has 2 aromatic carbocycles. The Hall–Kier alpha value is -2.44. The van der Waals surface area contributed by atoms with E-state index in [2.05, 4.69) is 4.72 Å². The van der Waals surface area contributed by atoms with E-state index in [-0.39, 0.29) is 11.4 Å². The van der Waals surface area contributed by atoms with Gasteiger partial charge in [0.15, 0.2) is 0 Å². The summed E-state index contributed by atoms with van der Waals surface area (Å²) in [5, 5.41) is 8.54. The van der Waals surface area contributed by atoms with E-state index in [9.17, 15) is 13.2 Å². The Morgan fingerprint density at radius 2 is 1.68 bits per heavy atom. The van der Waals surface area contributed by atoms with Gasteiger partial charge < -0.3 is 5.11 Å². The molecule has 0 aliphatic rings. The fourth-order valence-corrected chi connectivity index (χ4v) is 2.80.